The van der Waals surface area contributed by atoms with Crippen LogP contribution in [-0.4, -0.2) is 64.6 Å². The van der Waals surface area contributed by atoms with Gasteiger partial charge in [-0.25, -0.2) is 0 Å². The molecule has 0 saturated heterocycles. The van der Waals surface area contributed by atoms with Gasteiger partial charge >= 0.3 is 26.8 Å². The van der Waals surface area contributed by atoms with E-state index in [1.165, 1.54) is 37.1 Å². The van der Waals surface area contributed by atoms with Gasteiger partial charge in [0, 0.05) is 0 Å². The normalized spacial score (nSPS) is 6.79. The molecule has 0 aliphatic rings. The van der Waals surface area contributed by atoms with Gasteiger partial charge in [0.25, 0.3) is 0 Å². The minimum absolute atomic E-state index is 1.15. The summed E-state index contributed by atoms with van der Waals surface area (Å²) >= 11 is -3.94. The average Bonchev–Trinajstić information content (AvgIpc) is 2.78. The Hall–Kier alpha value is -1.81. The van der Waals surface area contributed by atoms with Gasteiger partial charge in [-0.15, -0.1) is 6.58 Å². The summed E-state index contributed by atoms with van der Waals surface area (Å²) in [5, 5.41) is 0. The van der Waals surface area contributed by atoms with E-state index >= 15 is 0 Å². The second-order valence-corrected chi connectivity index (χ2v) is 4.61. The summed E-state index contributed by atoms with van der Waals surface area (Å²) < 4.78 is 27.0. The molecule has 0 fully saturated rings. The Kier molecular flexibility index (Phi) is 131. The van der Waals surface area contributed by atoms with Crippen molar-refractivity contribution in [3.05, 3.63) is 12.7 Å². The van der Waals surface area contributed by atoms with Crippen molar-refractivity contribution in [2.45, 2.75) is 47.5 Å². The van der Waals surface area contributed by atoms with E-state index in [9.17, 15) is 0 Å². The van der Waals surface area contributed by atoms with Gasteiger partial charge < -0.3 is 28.5 Å². The zero-order valence-electron chi connectivity index (χ0n) is 18.2. The van der Waals surface area contributed by atoms with E-state index in [4.69, 9.17) is 35.4 Å². The number of rotatable bonds is 6. The van der Waals surface area contributed by atoms with Crippen LogP contribution in [0.2, 0.25) is 0 Å². The van der Waals surface area contributed by atoms with Gasteiger partial charge in [0.15, 0.2) is 0 Å². The van der Waals surface area contributed by atoms with Gasteiger partial charge in [0.1, 0.15) is 33.9 Å². The first kappa shape index (κ1) is 50.2. The zero-order valence-corrected chi connectivity index (χ0v) is 19.6. The van der Waals surface area contributed by atoms with Crippen molar-refractivity contribution in [3.8, 4) is 0 Å². The van der Waals surface area contributed by atoms with Crippen LogP contribution in [-0.2, 0) is 46.7 Å². The number of carbonyl (C=O) groups excluding carboxylic acids is 5. The maximum absolute atomic E-state index is 8.56. The second-order valence-electron chi connectivity index (χ2n) is 3.91. The topological polar surface area (TPSA) is 143 Å². The Bertz CT molecular complexity index is 275. The standard InChI is InChI=1S/C8H20N.C5H10.5CH2O.3O.V/c1-5-9(6-2,7-3)8-4;1-3-5-4-2;5*1-2;;;;/h5-8H2,1-4H3;3H,1,4-5H2,2H3;5*1H2;;;;/q+1;;;;;;;;;-1;. The SMILES string of the molecule is C=CCCC.C=O.C=O.C=O.C=O.C=O.CC[N+](CC)(CC)CC.[O]=[V](=[O])[O-]. The predicted octanol–water partition coefficient (Wildman–Crippen LogP) is 1.50. The molecule has 0 rings (SSSR count). The summed E-state index contributed by atoms with van der Waals surface area (Å²) in [6.45, 7) is 29.9. The fraction of sp³-hybridized carbons (Fsp3) is 0.611. The van der Waals surface area contributed by atoms with E-state index in [-0.39, 0.29) is 0 Å². The quantitative estimate of drug-likeness (QED) is 0.438. The maximum atomic E-state index is 8.56. The van der Waals surface area contributed by atoms with Crippen molar-refractivity contribution in [2.24, 2.45) is 0 Å². The van der Waals surface area contributed by atoms with Crippen molar-refractivity contribution in [1.29, 1.82) is 0 Å². The van der Waals surface area contributed by atoms with E-state index < -0.39 is 15.4 Å². The number of carbonyl (C=O) groups is 5. The number of hydrogen-bond acceptors (Lipinski definition) is 8. The Balaban J connectivity index is -0.0000000304. The first-order chi connectivity index (χ1) is 13.4. The van der Waals surface area contributed by atoms with Crippen molar-refractivity contribution in [2.75, 3.05) is 26.2 Å². The molecule has 0 aliphatic carbocycles. The van der Waals surface area contributed by atoms with E-state index in [1.807, 2.05) is 40.0 Å². The summed E-state index contributed by atoms with van der Waals surface area (Å²) in [6.07, 6.45) is 4.31. The molecule has 0 heterocycles. The van der Waals surface area contributed by atoms with E-state index in [2.05, 4.69) is 41.2 Å². The number of nitrogens with zero attached hydrogens (tertiary/aromatic N) is 1. The monoisotopic (exact) mass is 449 g/mol. The molecule has 170 valence electrons. The molecule has 0 spiro atoms. The van der Waals surface area contributed by atoms with Crippen LogP contribution in [0.25, 0.3) is 0 Å². The molecule has 9 nitrogen and oxygen atoms in total. The van der Waals surface area contributed by atoms with Crippen LogP contribution < -0.4 is 4.03 Å². The summed E-state index contributed by atoms with van der Waals surface area (Å²) in [7, 11) is 0. The molecule has 0 radical (unpaired) electrons. The van der Waals surface area contributed by atoms with Crippen molar-refractivity contribution in [1.82, 2.24) is 0 Å². The molecule has 0 aliphatic heterocycles. The third-order valence-electron chi connectivity index (χ3n) is 3.18. The molecule has 0 aromatic rings. The summed E-state index contributed by atoms with van der Waals surface area (Å²) in [5.74, 6) is 0. The number of allylic oxidation sites excluding steroid dienone is 1. The zero-order chi connectivity index (χ0) is 25.0. The fourth-order valence-electron chi connectivity index (χ4n) is 1.55. The van der Waals surface area contributed by atoms with E-state index in [0.717, 1.165) is 6.42 Å². The van der Waals surface area contributed by atoms with Crippen LogP contribution in [0.5, 0.6) is 0 Å². The van der Waals surface area contributed by atoms with Gasteiger partial charge in [-0.05, 0) is 34.1 Å². The number of quaternary nitrogens is 1. The summed E-state index contributed by atoms with van der Waals surface area (Å²) in [4.78, 5) is 40.0. The summed E-state index contributed by atoms with van der Waals surface area (Å²) in [6, 6.07) is 0. The molecule has 10 heteroatoms. The van der Waals surface area contributed by atoms with E-state index in [1.54, 1.807) is 0 Å². The molecule has 0 N–H and O–H groups in total. The molecule has 0 amide bonds. The van der Waals surface area contributed by atoms with Gasteiger partial charge in [0.05, 0.1) is 26.2 Å². The first-order valence-corrected chi connectivity index (χ1v) is 9.82. The third-order valence-corrected chi connectivity index (χ3v) is 3.18. The van der Waals surface area contributed by atoms with Crippen LogP contribution in [0, 0.1) is 0 Å². The molecule has 0 aromatic heterocycles. The second kappa shape index (κ2) is 73.2. The molecule has 28 heavy (non-hydrogen) atoms. The van der Waals surface area contributed by atoms with Gasteiger partial charge in [-0.2, -0.15) is 0 Å². The van der Waals surface area contributed by atoms with Crippen molar-refractivity contribution in [3.63, 3.8) is 0 Å². The van der Waals surface area contributed by atoms with Gasteiger partial charge in [-0.1, -0.05) is 19.4 Å². The molecular weight excluding hydrogens is 409 g/mol. The molecule has 0 saturated carbocycles. The minimum atomic E-state index is -3.94. The van der Waals surface area contributed by atoms with Crippen LogP contribution in [0.3, 0.4) is 0 Å². The average molecular weight is 449 g/mol. The fourth-order valence-corrected chi connectivity index (χ4v) is 1.55. The Labute approximate surface area is 175 Å². The van der Waals surface area contributed by atoms with Gasteiger partial charge in [0.2, 0.25) is 0 Å². The molecule has 0 unspecified atom stereocenters. The summed E-state index contributed by atoms with van der Waals surface area (Å²) in [5.41, 5.74) is 0. The Morgan fingerprint density at radius 2 is 0.857 bits per heavy atom. The van der Waals surface area contributed by atoms with Crippen LogP contribution >= 0.6 is 0 Å². The third kappa shape index (κ3) is 87.5. The van der Waals surface area contributed by atoms with Crippen molar-refractivity contribution < 1.29 is 55.2 Å². The van der Waals surface area contributed by atoms with Gasteiger partial charge in [-0.3, -0.25) is 0 Å². The molecular formula is C18H40NO8V. The molecule has 0 aromatic carbocycles. The molecule has 0 bridgehead atoms. The Morgan fingerprint density at radius 3 is 0.857 bits per heavy atom. The van der Waals surface area contributed by atoms with Crippen LogP contribution in [0.4, 0.5) is 0 Å². The van der Waals surface area contributed by atoms with Crippen LogP contribution in [0.1, 0.15) is 47.5 Å². The predicted molar refractivity (Wildman–Crippen MR) is 105 cm³/mol. The Morgan fingerprint density at radius 1 is 0.679 bits per heavy atom. The molecule has 0 atom stereocenters. The van der Waals surface area contributed by atoms with Crippen LogP contribution in [0.15, 0.2) is 12.7 Å². The number of unbranched alkanes of at least 4 members (excludes halogenated alkanes) is 1. The van der Waals surface area contributed by atoms with E-state index in [0.29, 0.717) is 0 Å². The first-order valence-electron chi connectivity index (χ1n) is 8.11. The number of hydrogen-bond donors (Lipinski definition) is 0. The van der Waals surface area contributed by atoms with Crippen molar-refractivity contribution >= 4 is 33.9 Å².